The smallest absolute Gasteiger partial charge is 0.103 e. The van der Waals surface area contributed by atoms with Gasteiger partial charge < -0.3 is 5.73 Å². The number of nitrogen functional groups attached to an aromatic ring is 1. The van der Waals surface area contributed by atoms with E-state index in [1.807, 2.05) is 12.1 Å². The Morgan fingerprint density at radius 3 is 2.94 bits per heavy atom. The van der Waals surface area contributed by atoms with Crippen LogP contribution in [-0.4, -0.2) is 4.98 Å². The van der Waals surface area contributed by atoms with Gasteiger partial charge in [0.2, 0.25) is 0 Å². The van der Waals surface area contributed by atoms with Crippen molar-refractivity contribution >= 4 is 16.6 Å². The molecule has 0 spiro atoms. The molecule has 1 heterocycles. The number of nitriles is 1. The average Bonchev–Trinajstić information content (AvgIpc) is 2.37. The summed E-state index contributed by atoms with van der Waals surface area (Å²) in [5, 5.41) is 9.81. The van der Waals surface area contributed by atoms with Gasteiger partial charge in [0.25, 0.3) is 0 Å². The minimum atomic E-state index is 0.449. The number of nitrogens with two attached hydrogens (primary N) is 1. The Balaban J connectivity index is 2.51. The van der Waals surface area contributed by atoms with Crippen LogP contribution in [0.5, 0.6) is 0 Å². The maximum atomic E-state index is 8.92. The Morgan fingerprint density at radius 1 is 1.41 bits per heavy atom. The Morgan fingerprint density at radius 2 is 2.24 bits per heavy atom. The third-order valence-electron chi connectivity index (χ3n) is 2.91. The summed E-state index contributed by atoms with van der Waals surface area (Å²) in [7, 11) is 0. The van der Waals surface area contributed by atoms with E-state index >= 15 is 0 Å². The summed E-state index contributed by atoms with van der Waals surface area (Å²) in [6.45, 7) is 2.17. The van der Waals surface area contributed by atoms with Gasteiger partial charge in [0, 0.05) is 11.6 Å². The summed E-state index contributed by atoms with van der Waals surface area (Å²) in [4.78, 5) is 4.23. The van der Waals surface area contributed by atoms with Gasteiger partial charge in [-0.05, 0) is 30.5 Å². The topological polar surface area (TPSA) is 62.7 Å². The largest absolute Gasteiger partial charge is 0.397 e. The normalized spacial score (nSPS) is 10.4. The summed E-state index contributed by atoms with van der Waals surface area (Å²) < 4.78 is 0. The van der Waals surface area contributed by atoms with Crippen molar-refractivity contribution in [3.8, 4) is 6.07 Å². The highest BCUT2D eigenvalue weighted by molar-refractivity contribution is 5.93. The van der Waals surface area contributed by atoms with Crippen molar-refractivity contribution in [3.63, 3.8) is 0 Å². The van der Waals surface area contributed by atoms with E-state index in [0.717, 1.165) is 23.7 Å². The van der Waals surface area contributed by atoms with Crippen LogP contribution >= 0.6 is 0 Å². The second-order valence-electron chi connectivity index (χ2n) is 4.15. The highest BCUT2D eigenvalue weighted by Gasteiger charge is 2.05. The molecular weight excluding hydrogens is 210 g/mol. The van der Waals surface area contributed by atoms with Crippen LogP contribution < -0.4 is 5.73 Å². The van der Waals surface area contributed by atoms with E-state index in [4.69, 9.17) is 11.0 Å². The zero-order chi connectivity index (χ0) is 12.3. The molecule has 0 amide bonds. The van der Waals surface area contributed by atoms with Crippen molar-refractivity contribution in [1.82, 2.24) is 4.98 Å². The molecule has 0 fully saturated rings. The fourth-order valence-electron chi connectivity index (χ4n) is 1.89. The highest BCUT2D eigenvalue weighted by Crippen LogP contribution is 2.24. The molecule has 0 aliphatic carbocycles. The summed E-state index contributed by atoms with van der Waals surface area (Å²) in [5.74, 6) is 0. The Labute approximate surface area is 101 Å². The van der Waals surface area contributed by atoms with Crippen molar-refractivity contribution in [3.05, 3.63) is 35.5 Å². The predicted octanol–water partition coefficient (Wildman–Crippen LogP) is 3.03. The first kappa shape index (κ1) is 11.4. The molecule has 2 N–H and O–H groups in total. The van der Waals surface area contributed by atoms with E-state index in [0.29, 0.717) is 11.3 Å². The monoisotopic (exact) mass is 225 g/mol. The minimum Gasteiger partial charge on any atom is -0.397 e. The standard InChI is InChI=1S/C14H15N3/c1-2-3-4-10-5-6-13-12(7-10)14(16)11(8-15)9-17-13/h5-7,9H,2-4H2,1H3,(H2,16,17). The van der Waals surface area contributed by atoms with Crippen LogP contribution in [0.15, 0.2) is 24.4 Å². The average molecular weight is 225 g/mol. The molecule has 0 radical (unpaired) electrons. The van der Waals surface area contributed by atoms with Gasteiger partial charge in [-0.15, -0.1) is 0 Å². The number of benzene rings is 1. The van der Waals surface area contributed by atoms with E-state index in [9.17, 15) is 0 Å². The molecule has 17 heavy (non-hydrogen) atoms. The summed E-state index contributed by atoms with van der Waals surface area (Å²) >= 11 is 0. The summed E-state index contributed by atoms with van der Waals surface area (Å²) in [5.41, 5.74) is 9.05. The number of anilines is 1. The number of aromatic nitrogens is 1. The molecule has 0 aliphatic heterocycles. The first-order valence-corrected chi connectivity index (χ1v) is 5.83. The molecule has 86 valence electrons. The third-order valence-corrected chi connectivity index (χ3v) is 2.91. The lowest BCUT2D eigenvalue weighted by Gasteiger charge is -2.06. The molecular formula is C14H15N3. The van der Waals surface area contributed by atoms with E-state index < -0.39 is 0 Å². The number of fused-ring (bicyclic) bond motifs is 1. The molecule has 2 rings (SSSR count). The van der Waals surface area contributed by atoms with Crippen LogP contribution in [0.25, 0.3) is 10.9 Å². The molecule has 0 bridgehead atoms. The molecule has 1 aromatic carbocycles. The van der Waals surface area contributed by atoms with Gasteiger partial charge in [0.1, 0.15) is 6.07 Å². The van der Waals surface area contributed by atoms with Crippen LogP contribution in [0.3, 0.4) is 0 Å². The molecule has 0 saturated carbocycles. The summed E-state index contributed by atoms with van der Waals surface area (Å²) in [6, 6.07) is 8.16. The Kier molecular flexibility index (Phi) is 3.24. The van der Waals surface area contributed by atoms with Gasteiger partial charge in [0.15, 0.2) is 0 Å². The zero-order valence-electron chi connectivity index (χ0n) is 9.90. The third kappa shape index (κ3) is 2.21. The maximum absolute atomic E-state index is 8.92. The number of rotatable bonds is 3. The van der Waals surface area contributed by atoms with Crippen molar-refractivity contribution in [2.24, 2.45) is 0 Å². The quantitative estimate of drug-likeness (QED) is 0.873. The molecule has 2 aromatic rings. The summed E-state index contributed by atoms with van der Waals surface area (Å²) in [6.07, 6.45) is 4.91. The van der Waals surface area contributed by atoms with Crippen LogP contribution in [0.1, 0.15) is 30.9 Å². The number of hydrogen-bond donors (Lipinski definition) is 1. The highest BCUT2D eigenvalue weighted by atomic mass is 14.7. The molecule has 0 unspecified atom stereocenters. The van der Waals surface area contributed by atoms with Crippen molar-refractivity contribution < 1.29 is 0 Å². The zero-order valence-corrected chi connectivity index (χ0v) is 9.90. The van der Waals surface area contributed by atoms with Crippen LogP contribution in [0.2, 0.25) is 0 Å². The minimum absolute atomic E-state index is 0.449. The van der Waals surface area contributed by atoms with E-state index in [-0.39, 0.29) is 0 Å². The van der Waals surface area contributed by atoms with Crippen LogP contribution in [-0.2, 0) is 6.42 Å². The molecule has 1 aromatic heterocycles. The molecule has 0 aliphatic rings. The Hall–Kier alpha value is -2.08. The van der Waals surface area contributed by atoms with Gasteiger partial charge in [-0.3, -0.25) is 4.98 Å². The number of unbranched alkanes of at least 4 members (excludes halogenated alkanes) is 1. The Bertz CT molecular complexity index is 582. The van der Waals surface area contributed by atoms with Crippen molar-refractivity contribution in [2.75, 3.05) is 5.73 Å². The van der Waals surface area contributed by atoms with E-state index in [1.54, 1.807) is 0 Å². The fraction of sp³-hybridized carbons (Fsp3) is 0.286. The van der Waals surface area contributed by atoms with Crippen LogP contribution in [0.4, 0.5) is 5.69 Å². The number of aryl methyl sites for hydroxylation is 1. The lowest BCUT2D eigenvalue weighted by Crippen LogP contribution is -1.95. The van der Waals surface area contributed by atoms with Gasteiger partial charge in [-0.2, -0.15) is 5.26 Å². The van der Waals surface area contributed by atoms with Gasteiger partial charge in [-0.1, -0.05) is 19.4 Å². The van der Waals surface area contributed by atoms with Gasteiger partial charge >= 0.3 is 0 Å². The van der Waals surface area contributed by atoms with E-state index in [1.165, 1.54) is 18.2 Å². The van der Waals surface area contributed by atoms with Crippen molar-refractivity contribution in [1.29, 1.82) is 5.26 Å². The fourth-order valence-corrected chi connectivity index (χ4v) is 1.89. The molecule has 3 heteroatoms. The molecule has 0 saturated heterocycles. The maximum Gasteiger partial charge on any atom is 0.103 e. The second kappa shape index (κ2) is 4.84. The molecule has 0 atom stereocenters. The lowest BCUT2D eigenvalue weighted by atomic mass is 10.0. The number of hydrogen-bond acceptors (Lipinski definition) is 3. The van der Waals surface area contributed by atoms with Crippen LogP contribution in [0, 0.1) is 11.3 Å². The lowest BCUT2D eigenvalue weighted by molar-refractivity contribution is 0.796. The number of nitrogens with zero attached hydrogens (tertiary/aromatic N) is 2. The van der Waals surface area contributed by atoms with Gasteiger partial charge in [-0.25, -0.2) is 0 Å². The SMILES string of the molecule is CCCCc1ccc2ncc(C#N)c(N)c2c1. The molecule has 3 nitrogen and oxygen atoms in total. The van der Waals surface area contributed by atoms with E-state index in [2.05, 4.69) is 24.0 Å². The first-order valence-electron chi connectivity index (χ1n) is 5.83. The van der Waals surface area contributed by atoms with Crippen molar-refractivity contribution in [2.45, 2.75) is 26.2 Å². The number of pyridine rings is 1. The predicted molar refractivity (Wildman–Crippen MR) is 69.5 cm³/mol. The van der Waals surface area contributed by atoms with Gasteiger partial charge in [0.05, 0.1) is 16.8 Å². The second-order valence-corrected chi connectivity index (χ2v) is 4.15. The first-order chi connectivity index (χ1) is 8.26.